The van der Waals surface area contributed by atoms with Crippen LogP contribution in [0.5, 0.6) is 0 Å². The first-order valence-corrected chi connectivity index (χ1v) is 6.43. The second-order valence-corrected chi connectivity index (χ2v) is 4.72. The highest BCUT2D eigenvalue weighted by molar-refractivity contribution is 7.80. The number of para-hydroxylation sites is 1. The maximum atomic E-state index is 13.1. The number of thiol groups is 1. The Labute approximate surface area is 125 Å². The molecule has 0 saturated heterocycles. The summed E-state index contributed by atoms with van der Waals surface area (Å²) in [7, 11) is 0. The lowest BCUT2D eigenvalue weighted by atomic mass is 10.1. The van der Waals surface area contributed by atoms with Gasteiger partial charge in [-0.2, -0.15) is 0 Å². The Hall–Kier alpha value is -2.41. The molecule has 0 aliphatic heterocycles. The number of nitrogens with one attached hydrogen (secondary N) is 1. The monoisotopic (exact) mass is 306 g/mol. The topological polar surface area (TPSA) is 72.2 Å². The third kappa shape index (κ3) is 3.57. The number of amides is 1. The molecule has 108 valence electrons. The number of nitro groups is 1. The molecule has 7 heteroatoms. The van der Waals surface area contributed by atoms with E-state index < -0.39 is 16.6 Å². The average Bonchev–Trinajstić information content (AvgIpc) is 2.47. The molecular weight excluding hydrogens is 295 g/mol. The van der Waals surface area contributed by atoms with E-state index in [1.165, 1.54) is 18.2 Å². The molecule has 0 radical (unpaired) electrons. The Bertz CT molecular complexity index is 706. The normalized spacial score (nSPS) is 10.2. The summed E-state index contributed by atoms with van der Waals surface area (Å²) in [6, 6.07) is 9.90. The molecule has 0 bridgehead atoms. The molecule has 1 amide bonds. The fraction of sp³-hybridized carbons (Fsp3) is 0.0714. The van der Waals surface area contributed by atoms with Gasteiger partial charge in [0.1, 0.15) is 5.82 Å². The first kappa shape index (κ1) is 15.0. The molecule has 0 unspecified atom stereocenters. The van der Waals surface area contributed by atoms with E-state index in [0.717, 1.165) is 6.07 Å². The van der Waals surface area contributed by atoms with Gasteiger partial charge in [-0.05, 0) is 18.2 Å². The third-order valence-corrected chi connectivity index (χ3v) is 3.18. The van der Waals surface area contributed by atoms with Crippen LogP contribution >= 0.6 is 12.6 Å². The van der Waals surface area contributed by atoms with Crippen LogP contribution in [-0.2, 0) is 6.54 Å². The lowest BCUT2D eigenvalue weighted by Gasteiger charge is -2.07. The zero-order chi connectivity index (χ0) is 15.4. The van der Waals surface area contributed by atoms with Crippen LogP contribution in [0.25, 0.3) is 0 Å². The number of hydrogen-bond acceptors (Lipinski definition) is 4. The van der Waals surface area contributed by atoms with Crippen LogP contribution in [-0.4, -0.2) is 10.8 Å². The molecule has 0 atom stereocenters. The van der Waals surface area contributed by atoms with E-state index in [-0.39, 0.29) is 22.7 Å². The summed E-state index contributed by atoms with van der Waals surface area (Å²) in [5.74, 6) is -0.975. The second-order valence-electron chi connectivity index (χ2n) is 4.23. The van der Waals surface area contributed by atoms with Gasteiger partial charge in [0.15, 0.2) is 0 Å². The van der Waals surface area contributed by atoms with Crippen molar-refractivity contribution >= 4 is 24.2 Å². The van der Waals surface area contributed by atoms with Crippen molar-refractivity contribution in [1.82, 2.24) is 5.32 Å². The van der Waals surface area contributed by atoms with Crippen LogP contribution in [0.2, 0.25) is 0 Å². The molecule has 0 aromatic heterocycles. The Kier molecular flexibility index (Phi) is 4.54. The van der Waals surface area contributed by atoms with Gasteiger partial charge in [-0.3, -0.25) is 14.9 Å². The number of carbonyl (C=O) groups excluding carboxylic acids is 1. The third-order valence-electron chi connectivity index (χ3n) is 2.84. The summed E-state index contributed by atoms with van der Waals surface area (Å²) >= 11 is 3.90. The SMILES string of the molecule is O=C(NCc1ccccc1[N+](=O)[O-])c1ccc(F)c(S)c1. The van der Waals surface area contributed by atoms with Gasteiger partial charge in [-0.15, -0.1) is 12.6 Å². The molecule has 0 aliphatic carbocycles. The average molecular weight is 306 g/mol. The zero-order valence-electron chi connectivity index (χ0n) is 10.7. The molecule has 0 aliphatic rings. The van der Waals surface area contributed by atoms with Gasteiger partial charge in [-0.1, -0.05) is 18.2 Å². The standard InChI is InChI=1S/C14H11FN2O3S/c15-11-6-5-9(7-13(11)21)14(18)16-8-10-3-1-2-4-12(10)17(19)20/h1-7,21H,8H2,(H,16,18). The van der Waals surface area contributed by atoms with Gasteiger partial charge in [0.2, 0.25) is 0 Å². The van der Waals surface area contributed by atoms with Gasteiger partial charge in [-0.25, -0.2) is 4.39 Å². The predicted octanol–water partition coefficient (Wildman–Crippen LogP) is 2.95. The highest BCUT2D eigenvalue weighted by Gasteiger charge is 2.14. The molecule has 5 nitrogen and oxygen atoms in total. The van der Waals surface area contributed by atoms with E-state index in [4.69, 9.17) is 0 Å². The molecule has 2 aromatic rings. The molecule has 2 aromatic carbocycles. The largest absolute Gasteiger partial charge is 0.348 e. The summed E-state index contributed by atoms with van der Waals surface area (Å²) in [5.41, 5.74) is 0.566. The zero-order valence-corrected chi connectivity index (χ0v) is 11.6. The van der Waals surface area contributed by atoms with Crippen molar-refractivity contribution in [3.8, 4) is 0 Å². The molecule has 0 heterocycles. The quantitative estimate of drug-likeness (QED) is 0.518. The van der Waals surface area contributed by atoms with Gasteiger partial charge in [0, 0.05) is 28.6 Å². The Balaban J connectivity index is 2.11. The van der Waals surface area contributed by atoms with Crippen molar-refractivity contribution in [3.63, 3.8) is 0 Å². The number of nitrogens with zero attached hydrogens (tertiary/aromatic N) is 1. The van der Waals surface area contributed by atoms with Crippen LogP contribution in [0.4, 0.5) is 10.1 Å². The minimum Gasteiger partial charge on any atom is -0.348 e. The first-order chi connectivity index (χ1) is 9.99. The van der Waals surface area contributed by atoms with Gasteiger partial charge < -0.3 is 5.32 Å². The van der Waals surface area contributed by atoms with E-state index in [9.17, 15) is 19.3 Å². The first-order valence-electron chi connectivity index (χ1n) is 5.98. The molecule has 0 fully saturated rings. The highest BCUT2D eigenvalue weighted by atomic mass is 32.1. The van der Waals surface area contributed by atoms with Gasteiger partial charge in [0.05, 0.1) is 4.92 Å². The molecule has 2 rings (SSSR count). The van der Waals surface area contributed by atoms with Crippen molar-refractivity contribution in [1.29, 1.82) is 0 Å². The van der Waals surface area contributed by atoms with Crippen LogP contribution in [0.1, 0.15) is 15.9 Å². The van der Waals surface area contributed by atoms with Crippen molar-refractivity contribution in [2.75, 3.05) is 0 Å². The molecule has 0 spiro atoms. The van der Waals surface area contributed by atoms with E-state index in [1.54, 1.807) is 18.2 Å². The summed E-state index contributed by atoms with van der Waals surface area (Å²) in [6.07, 6.45) is 0. The minimum absolute atomic E-state index is 0.00919. The lowest BCUT2D eigenvalue weighted by Crippen LogP contribution is -2.23. The van der Waals surface area contributed by atoms with Crippen molar-refractivity contribution in [2.24, 2.45) is 0 Å². The van der Waals surface area contributed by atoms with Crippen molar-refractivity contribution in [2.45, 2.75) is 11.4 Å². The fourth-order valence-corrected chi connectivity index (χ4v) is 1.98. The Morgan fingerprint density at radius 2 is 2.00 bits per heavy atom. The number of halogens is 1. The van der Waals surface area contributed by atoms with Crippen LogP contribution in [0.3, 0.4) is 0 Å². The second kappa shape index (κ2) is 6.36. The minimum atomic E-state index is -0.520. The van der Waals surface area contributed by atoms with E-state index >= 15 is 0 Å². The van der Waals surface area contributed by atoms with Crippen LogP contribution in [0, 0.1) is 15.9 Å². The summed E-state index contributed by atoms with van der Waals surface area (Å²) in [4.78, 5) is 22.3. The Morgan fingerprint density at radius 1 is 1.29 bits per heavy atom. The number of benzene rings is 2. The maximum Gasteiger partial charge on any atom is 0.274 e. The maximum absolute atomic E-state index is 13.1. The molecule has 1 N–H and O–H groups in total. The van der Waals surface area contributed by atoms with Gasteiger partial charge in [0.25, 0.3) is 11.6 Å². The van der Waals surface area contributed by atoms with Crippen LogP contribution < -0.4 is 5.32 Å². The summed E-state index contributed by atoms with van der Waals surface area (Å²) in [5, 5.41) is 13.4. The van der Waals surface area contributed by atoms with E-state index in [0.29, 0.717) is 5.56 Å². The number of carbonyl (C=O) groups is 1. The summed E-state index contributed by atoms with van der Waals surface area (Å²) < 4.78 is 13.1. The van der Waals surface area contributed by atoms with E-state index in [1.807, 2.05) is 0 Å². The molecule has 0 saturated carbocycles. The molecular formula is C14H11FN2O3S. The number of nitro benzene ring substituents is 1. The number of hydrogen-bond donors (Lipinski definition) is 2. The van der Waals surface area contributed by atoms with Gasteiger partial charge >= 0.3 is 0 Å². The van der Waals surface area contributed by atoms with Crippen LogP contribution in [0.15, 0.2) is 47.4 Å². The van der Waals surface area contributed by atoms with Crippen molar-refractivity contribution in [3.05, 3.63) is 69.5 Å². The van der Waals surface area contributed by atoms with E-state index in [2.05, 4.69) is 17.9 Å². The summed E-state index contributed by atoms with van der Waals surface area (Å²) in [6.45, 7) is 0.00919. The Morgan fingerprint density at radius 3 is 2.67 bits per heavy atom. The fourth-order valence-electron chi connectivity index (χ4n) is 1.77. The highest BCUT2D eigenvalue weighted by Crippen LogP contribution is 2.18. The number of rotatable bonds is 4. The van der Waals surface area contributed by atoms with Crippen molar-refractivity contribution < 1.29 is 14.1 Å². The molecule has 21 heavy (non-hydrogen) atoms. The lowest BCUT2D eigenvalue weighted by molar-refractivity contribution is -0.385. The smallest absolute Gasteiger partial charge is 0.274 e. The predicted molar refractivity (Wildman–Crippen MR) is 77.9 cm³/mol.